The Morgan fingerprint density at radius 2 is 2.07 bits per heavy atom. The molecule has 0 radical (unpaired) electrons. The first kappa shape index (κ1) is 9.01. The van der Waals surface area contributed by atoms with Gasteiger partial charge in [0.25, 0.3) is 0 Å². The lowest BCUT2D eigenvalue weighted by atomic mass is 10.2. The van der Waals surface area contributed by atoms with E-state index in [1.165, 1.54) is 25.3 Å². The number of ether oxygens (including phenoxy) is 1. The summed E-state index contributed by atoms with van der Waals surface area (Å²) < 4.78 is 31.4. The fraction of sp³-hybridized carbons (Fsp3) is 0.125. The van der Waals surface area contributed by atoms with Gasteiger partial charge in [0.1, 0.15) is 10.6 Å². The van der Waals surface area contributed by atoms with Crippen molar-refractivity contribution in [2.45, 2.75) is 4.90 Å². The highest BCUT2D eigenvalue weighted by atomic mass is 32.2. The van der Waals surface area contributed by atoms with Gasteiger partial charge in [0, 0.05) is 0 Å². The van der Waals surface area contributed by atoms with Gasteiger partial charge in [-0.05, 0) is 18.2 Å². The van der Waals surface area contributed by atoms with Crippen LogP contribution in [0.5, 0.6) is 5.75 Å². The van der Waals surface area contributed by atoms with Gasteiger partial charge >= 0.3 is 16.1 Å². The van der Waals surface area contributed by atoms with E-state index in [2.05, 4.69) is 4.18 Å². The summed E-state index contributed by atoms with van der Waals surface area (Å²) in [5.74, 6) is -0.447. The molecule has 2 rings (SSSR count). The molecular formula is C8H6O5S. The van der Waals surface area contributed by atoms with E-state index in [9.17, 15) is 13.2 Å². The highest BCUT2D eigenvalue weighted by Gasteiger charge is 2.35. The molecule has 1 aliphatic heterocycles. The quantitative estimate of drug-likeness (QED) is 0.638. The van der Waals surface area contributed by atoms with Crippen LogP contribution in [-0.2, 0) is 14.3 Å². The van der Waals surface area contributed by atoms with Crippen LogP contribution in [-0.4, -0.2) is 21.5 Å². The van der Waals surface area contributed by atoms with Gasteiger partial charge in [-0.1, -0.05) is 0 Å². The molecular weight excluding hydrogens is 208 g/mol. The van der Waals surface area contributed by atoms with E-state index in [4.69, 9.17) is 4.74 Å². The summed E-state index contributed by atoms with van der Waals surface area (Å²) in [6, 6.07) is 4.08. The van der Waals surface area contributed by atoms with Crippen molar-refractivity contribution in [3.63, 3.8) is 0 Å². The summed E-state index contributed by atoms with van der Waals surface area (Å²) in [7, 11) is -2.46. The summed E-state index contributed by atoms with van der Waals surface area (Å²) in [6.45, 7) is 0. The van der Waals surface area contributed by atoms with E-state index in [0.717, 1.165) is 0 Å². The lowest BCUT2D eigenvalue weighted by molar-refractivity contribution is 0.0762. The summed E-state index contributed by atoms with van der Waals surface area (Å²) in [5, 5.41) is 0. The van der Waals surface area contributed by atoms with Crippen molar-refractivity contribution in [2.24, 2.45) is 0 Å². The van der Waals surface area contributed by atoms with Crippen LogP contribution in [0.1, 0.15) is 10.4 Å². The number of carbonyl (C=O) groups is 1. The lowest BCUT2D eigenvalue weighted by Gasteiger charge is -1.98. The Balaban J connectivity index is 2.70. The largest absolute Gasteiger partial charge is 0.497 e. The van der Waals surface area contributed by atoms with Crippen molar-refractivity contribution in [1.29, 1.82) is 0 Å². The van der Waals surface area contributed by atoms with E-state index in [0.29, 0.717) is 5.75 Å². The molecule has 5 nitrogen and oxygen atoms in total. The van der Waals surface area contributed by atoms with Crippen LogP contribution in [0.3, 0.4) is 0 Å². The molecule has 6 heteroatoms. The number of fused-ring (bicyclic) bond motifs is 1. The lowest BCUT2D eigenvalue weighted by Crippen LogP contribution is -1.99. The van der Waals surface area contributed by atoms with Crippen molar-refractivity contribution >= 4 is 16.1 Å². The van der Waals surface area contributed by atoms with Gasteiger partial charge in [-0.25, -0.2) is 4.79 Å². The molecule has 1 heterocycles. The third-order valence-electron chi connectivity index (χ3n) is 1.86. The highest BCUT2D eigenvalue weighted by Crippen LogP contribution is 2.29. The van der Waals surface area contributed by atoms with Crippen molar-refractivity contribution in [3.8, 4) is 5.75 Å². The molecule has 14 heavy (non-hydrogen) atoms. The fourth-order valence-electron chi connectivity index (χ4n) is 1.20. The van der Waals surface area contributed by atoms with E-state index >= 15 is 0 Å². The standard InChI is InChI=1S/C8H6O5S/c1-12-5-2-3-7-6(4-5)8(9)13-14(7,10)11/h2-4H,1H3. The Hall–Kier alpha value is -1.56. The Morgan fingerprint density at radius 3 is 2.71 bits per heavy atom. The molecule has 0 spiro atoms. The zero-order chi connectivity index (χ0) is 10.3. The second-order valence-electron chi connectivity index (χ2n) is 2.69. The van der Waals surface area contributed by atoms with E-state index in [1.54, 1.807) is 0 Å². The third-order valence-corrected chi connectivity index (χ3v) is 3.13. The molecule has 74 valence electrons. The summed E-state index contributed by atoms with van der Waals surface area (Å²) in [5.41, 5.74) is 0.0179. The molecule has 0 N–H and O–H groups in total. The molecule has 0 atom stereocenters. The molecule has 1 aliphatic rings. The van der Waals surface area contributed by atoms with Crippen LogP contribution in [0.4, 0.5) is 0 Å². The molecule has 0 fully saturated rings. The minimum atomic E-state index is -3.88. The maximum Gasteiger partial charge on any atom is 0.355 e. The average molecular weight is 214 g/mol. The molecule has 0 aromatic heterocycles. The van der Waals surface area contributed by atoms with Crippen molar-refractivity contribution in [3.05, 3.63) is 23.8 Å². The van der Waals surface area contributed by atoms with Gasteiger partial charge < -0.3 is 8.92 Å². The smallest absolute Gasteiger partial charge is 0.355 e. The van der Waals surface area contributed by atoms with Gasteiger partial charge in [-0.15, -0.1) is 0 Å². The van der Waals surface area contributed by atoms with E-state index in [1.807, 2.05) is 0 Å². The molecule has 0 bridgehead atoms. The average Bonchev–Trinajstić information content (AvgIpc) is 2.37. The third kappa shape index (κ3) is 1.15. The summed E-state index contributed by atoms with van der Waals surface area (Å²) >= 11 is 0. The monoisotopic (exact) mass is 214 g/mol. The zero-order valence-corrected chi connectivity index (χ0v) is 8.00. The molecule has 0 unspecified atom stereocenters. The number of rotatable bonds is 1. The first-order valence-electron chi connectivity index (χ1n) is 3.71. The predicted octanol–water partition coefficient (Wildman–Crippen LogP) is 0.554. The molecule has 1 aromatic rings. The van der Waals surface area contributed by atoms with Gasteiger partial charge in [-0.2, -0.15) is 8.42 Å². The van der Waals surface area contributed by atoms with Crippen molar-refractivity contribution < 1.29 is 22.1 Å². The van der Waals surface area contributed by atoms with Gasteiger partial charge in [0.05, 0.1) is 12.7 Å². The zero-order valence-electron chi connectivity index (χ0n) is 7.18. The Bertz CT molecular complexity index is 502. The van der Waals surface area contributed by atoms with E-state index in [-0.39, 0.29) is 10.5 Å². The number of carbonyl (C=O) groups excluding carboxylic acids is 1. The van der Waals surface area contributed by atoms with Gasteiger partial charge in [0.15, 0.2) is 0 Å². The molecule has 1 aromatic carbocycles. The van der Waals surface area contributed by atoms with E-state index < -0.39 is 16.1 Å². The number of methoxy groups -OCH3 is 1. The second kappa shape index (κ2) is 2.71. The summed E-state index contributed by atoms with van der Waals surface area (Å²) in [6.07, 6.45) is 0. The predicted molar refractivity (Wildman–Crippen MR) is 45.6 cm³/mol. The fourth-order valence-corrected chi connectivity index (χ4v) is 2.23. The topological polar surface area (TPSA) is 69.7 Å². The summed E-state index contributed by atoms with van der Waals surface area (Å²) in [4.78, 5) is 11.0. The first-order valence-corrected chi connectivity index (χ1v) is 5.12. The van der Waals surface area contributed by atoms with Crippen molar-refractivity contribution in [1.82, 2.24) is 0 Å². The Morgan fingerprint density at radius 1 is 1.36 bits per heavy atom. The number of hydrogen-bond acceptors (Lipinski definition) is 5. The number of hydrogen-bond donors (Lipinski definition) is 0. The normalized spacial score (nSPS) is 17.4. The molecule has 0 aliphatic carbocycles. The molecule has 0 amide bonds. The highest BCUT2D eigenvalue weighted by molar-refractivity contribution is 7.87. The SMILES string of the molecule is COc1ccc2c(c1)C(=O)OS2(=O)=O. The van der Waals surface area contributed by atoms with Crippen molar-refractivity contribution in [2.75, 3.05) is 7.11 Å². The Labute approximate surface area is 80.4 Å². The first-order chi connectivity index (χ1) is 6.54. The second-order valence-corrected chi connectivity index (χ2v) is 4.20. The maximum atomic E-state index is 11.2. The maximum absolute atomic E-state index is 11.2. The molecule has 0 saturated heterocycles. The minimum Gasteiger partial charge on any atom is -0.497 e. The van der Waals surface area contributed by atoms with Gasteiger partial charge in [0.2, 0.25) is 0 Å². The van der Waals surface area contributed by atoms with Gasteiger partial charge in [-0.3, -0.25) is 0 Å². The number of benzene rings is 1. The van der Waals surface area contributed by atoms with Crippen LogP contribution >= 0.6 is 0 Å². The van der Waals surface area contributed by atoms with Crippen LogP contribution in [0.25, 0.3) is 0 Å². The molecule has 0 saturated carbocycles. The van der Waals surface area contributed by atoms with Crippen LogP contribution < -0.4 is 4.74 Å². The van der Waals surface area contributed by atoms with Crippen LogP contribution in [0.2, 0.25) is 0 Å². The minimum absolute atomic E-state index is 0.0179. The van der Waals surface area contributed by atoms with Crippen LogP contribution in [0.15, 0.2) is 23.1 Å². The van der Waals surface area contributed by atoms with Crippen LogP contribution in [0, 0.1) is 0 Å². The Kier molecular flexibility index (Phi) is 1.75.